The van der Waals surface area contributed by atoms with Gasteiger partial charge in [0.2, 0.25) is 11.7 Å². The number of hydrogen-bond acceptors (Lipinski definition) is 7. The molecule has 120 valence electrons. The monoisotopic (exact) mass is 316 g/mol. The van der Waals surface area contributed by atoms with Crippen LogP contribution >= 0.6 is 0 Å². The molecular weight excluding hydrogens is 300 g/mol. The first kappa shape index (κ1) is 15.2. The predicted octanol–water partition coefficient (Wildman–Crippen LogP) is 1.87. The Morgan fingerprint density at radius 1 is 1.26 bits per heavy atom. The molecule has 0 amide bonds. The zero-order valence-electron chi connectivity index (χ0n) is 12.3. The minimum Gasteiger partial charge on any atom is -0.475 e. The second-order valence-electron chi connectivity index (χ2n) is 5.01. The van der Waals surface area contributed by atoms with E-state index in [1.54, 1.807) is 24.4 Å². The lowest BCUT2D eigenvalue weighted by Crippen LogP contribution is -2.26. The first-order valence-corrected chi connectivity index (χ1v) is 7.24. The number of ether oxygens (including phenoxy) is 2. The summed E-state index contributed by atoms with van der Waals surface area (Å²) in [6.45, 7) is 1.42. The summed E-state index contributed by atoms with van der Waals surface area (Å²) in [5.74, 6) is -0.497. The van der Waals surface area contributed by atoms with Crippen molar-refractivity contribution in [3.63, 3.8) is 0 Å². The highest BCUT2D eigenvalue weighted by atomic mass is 16.5. The Labute approximate surface area is 132 Å². The summed E-state index contributed by atoms with van der Waals surface area (Å²) in [6, 6.07) is 5.14. The van der Waals surface area contributed by atoms with E-state index >= 15 is 0 Å². The Morgan fingerprint density at radius 3 is 2.78 bits per heavy atom. The number of carboxylic acids is 1. The summed E-state index contributed by atoms with van der Waals surface area (Å²) in [4.78, 5) is 22.6. The van der Waals surface area contributed by atoms with Crippen LogP contribution in [0.15, 0.2) is 30.6 Å². The maximum Gasteiger partial charge on any atom is 0.374 e. The number of rotatable bonds is 5. The molecule has 1 fully saturated rings. The number of hydrogen-bond donors (Lipinski definition) is 2. The predicted molar refractivity (Wildman–Crippen MR) is 81.0 cm³/mol. The Kier molecular flexibility index (Phi) is 4.62. The van der Waals surface area contributed by atoms with Crippen molar-refractivity contribution in [1.82, 2.24) is 15.0 Å². The lowest BCUT2D eigenvalue weighted by Gasteiger charge is -2.22. The van der Waals surface area contributed by atoms with Crippen LogP contribution in [0.4, 0.5) is 11.5 Å². The molecule has 0 aliphatic carbocycles. The molecule has 23 heavy (non-hydrogen) atoms. The van der Waals surface area contributed by atoms with Crippen LogP contribution < -0.4 is 10.1 Å². The number of nitrogens with one attached hydrogen (secondary N) is 1. The normalized spacial score (nSPS) is 15.1. The Morgan fingerprint density at radius 2 is 2.09 bits per heavy atom. The summed E-state index contributed by atoms with van der Waals surface area (Å²) in [6.07, 6.45) is 4.85. The quantitative estimate of drug-likeness (QED) is 0.861. The second-order valence-corrected chi connectivity index (χ2v) is 5.01. The molecule has 1 aliphatic rings. The van der Waals surface area contributed by atoms with Gasteiger partial charge in [0, 0.05) is 25.1 Å². The standard InChI is InChI=1S/C15H16N4O4/c20-15(21)14-16-6-3-12(19-14)18-10-1-2-13(17-9-10)23-11-4-7-22-8-5-11/h1-3,6,9,11H,4-5,7-8H2,(H,20,21)(H,16,18,19). The van der Waals surface area contributed by atoms with E-state index in [0.717, 1.165) is 12.8 Å². The van der Waals surface area contributed by atoms with Crippen LogP contribution in [0.2, 0.25) is 0 Å². The van der Waals surface area contributed by atoms with Crippen molar-refractivity contribution in [2.45, 2.75) is 18.9 Å². The summed E-state index contributed by atoms with van der Waals surface area (Å²) in [7, 11) is 0. The van der Waals surface area contributed by atoms with Crippen molar-refractivity contribution in [3.05, 3.63) is 36.4 Å². The number of carboxylic acid groups (broad SMARTS) is 1. The van der Waals surface area contributed by atoms with Gasteiger partial charge in [0.15, 0.2) is 0 Å². The van der Waals surface area contributed by atoms with Crippen LogP contribution in [-0.4, -0.2) is 45.3 Å². The fraction of sp³-hybridized carbons (Fsp3) is 0.333. The highest BCUT2D eigenvalue weighted by molar-refractivity contribution is 5.83. The molecule has 0 bridgehead atoms. The van der Waals surface area contributed by atoms with Gasteiger partial charge in [0.05, 0.1) is 25.1 Å². The molecule has 8 heteroatoms. The summed E-state index contributed by atoms with van der Waals surface area (Å²) in [5.41, 5.74) is 0.680. The molecule has 2 aromatic rings. The van der Waals surface area contributed by atoms with Gasteiger partial charge in [-0.1, -0.05) is 0 Å². The minimum atomic E-state index is -1.17. The second kappa shape index (κ2) is 7.01. The fourth-order valence-electron chi connectivity index (χ4n) is 2.17. The SMILES string of the molecule is O=C(O)c1nccc(Nc2ccc(OC3CCOCC3)nc2)n1. The lowest BCUT2D eigenvalue weighted by molar-refractivity contribution is 0.0237. The number of pyridine rings is 1. The Hall–Kier alpha value is -2.74. The van der Waals surface area contributed by atoms with E-state index in [1.807, 2.05) is 0 Å². The number of nitrogens with zero attached hydrogens (tertiary/aromatic N) is 3. The van der Waals surface area contributed by atoms with E-state index in [9.17, 15) is 4.79 Å². The number of carbonyl (C=O) groups is 1. The van der Waals surface area contributed by atoms with Crippen molar-refractivity contribution < 1.29 is 19.4 Å². The lowest BCUT2D eigenvalue weighted by atomic mass is 10.1. The molecule has 2 N–H and O–H groups in total. The maximum atomic E-state index is 10.8. The zero-order valence-corrected chi connectivity index (χ0v) is 12.3. The molecule has 3 rings (SSSR count). The van der Waals surface area contributed by atoms with Gasteiger partial charge in [-0.15, -0.1) is 0 Å². The summed E-state index contributed by atoms with van der Waals surface area (Å²) in [5, 5.41) is 11.9. The van der Waals surface area contributed by atoms with Crippen LogP contribution in [0.3, 0.4) is 0 Å². The van der Waals surface area contributed by atoms with Crippen LogP contribution in [-0.2, 0) is 4.74 Å². The Balaban J connectivity index is 1.63. The first-order chi connectivity index (χ1) is 11.2. The molecule has 0 unspecified atom stereocenters. The van der Waals surface area contributed by atoms with Crippen LogP contribution in [0.25, 0.3) is 0 Å². The highest BCUT2D eigenvalue weighted by Crippen LogP contribution is 2.19. The third-order valence-corrected chi connectivity index (χ3v) is 3.31. The van der Waals surface area contributed by atoms with Crippen molar-refractivity contribution >= 4 is 17.5 Å². The fourth-order valence-corrected chi connectivity index (χ4v) is 2.17. The number of aromatic nitrogens is 3. The largest absolute Gasteiger partial charge is 0.475 e. The van der Waals surface area contributed by atoms with Crippen molar-refractivity contribution in [2.75, 3.05) is 18.5 Å². The van der Waals surface area contributed by atoms with E-state index in [2.05, 4.69) is 20.3 Å². The highest BCUT2D eigenvalue weighted by Gasteiger charge is 2.15. The van der Waals surface area contributed by atoms with E-state index in [1.165, 1.54) is 6.20 Å². The van der Waals surface area contributed by atoms with Gasteiger partial charge in [-0.3, -0.25) is 0 Å². The van der Waals surface area contributed by atoms with E-state index < -0.39 is 5.97 Å². The topological polar surface area (TPSA) is 106 Å². The molecule has 1 aliphatic heterocycles. The van der Waals surface area contributed by atoms with E-state index in [4.69, 9.17) is 14.6 Å². The smallest absolute Gasteiger partial charge is 0.374 e. The van der Waals surface area contributed by atoms with Gasteiger partial charge in [-0.25, -0.2) is 19.7 Å². The van der Waals surface area contributed by atoms with Gasteiger partial charge < -0.3 is 19.9 Å². The van der Waals surface area contributed by atoms with E-state index in [0.29, 0.717) is 30.6 Å². The van der Waals surface area contributed by atoms with Gasteiger partial charge in [-0.05, 0) is 12.1 Å². The van der Waals surface area contributed by atoms with Crippen molar-refractivity contribution in [1.29, 1.82) is 0 Å². The van der Waals surface area contributed by atoms with Crippen LogP contribution in [0, 0.1) is 0 Å². The van der Waals surface area contributed by atoms with Gasteiger partial charge in [0.1, 0.15) is 11.9 Å². The van der Waals surface area contributed by atoms with Gasteiger partial charge in [0.25, 0.3) is 0 Å². The number of aromatic carboxylic acids is 1. The van der Waals surface area contributed by atoms with Gasteiger partial charge in [-0.2, -0.15) is 0 Å². The minimum absolute atomic E-state index is 0.134. The third kappa shape index (κ3) is 4.13. The average molecular weight is 316 g/mol. The first-order valence-electron chi connectivity index (χ1n) is 7.24. The molecule has 0 aromatic carbocycles. The number of anilines is 2. The van der Waals surface area contributed by atoms with Crippen molar-refractivity contribution in [3.8, 4) is 5.88 Å². The molecular formula is C15H16N4O4. The van der Waals surface area contributed by atoms with Gasteiger partial charge >= 0.3 is 5.97 Å². The summed E-state index contributed by atoms with van der Waals surface area (Å²) < 4.78 is 11.1. The molecule has 0 radical (unpaired) electrons. The van der Waals surface area contributed by atoms with E-state index in [-0.39, 0.29) is 11.9 Å². The summed E-state index contributed by atoms with van der Waals surface area (Å²) >= 11 is 0. The van der Waals surface area contributed by atoms with Crippen molar-refractivity contribution in [2.24, 2.45) is 0 Å². The molecule has 0 spiro atoms. The molecule has 2 aromatic heterocycles. The zero-order chi connectivity index (χ0) is 16.1. The molecule has 8 nitrogen and oxygen atoms in total. The maximum absolute atomic E-state index is 10.8. The molecule has 0 saturated carbocycles. The van der Waals surface area contributed by atoms with Crippen LogP contribution in [0.5, 0.6) is 5.88 Å². The molecule has 1 saturated heterocycles. The molecule has 3 heterocycles. The molecule has 0 atom stereocenters. The van der Waals surface area contributed by atoms with Crippen LogP contribution in [0.1, 0.15) is 23.5 Å². The Bertz CT molecular complexity index is 671. The average Bonchev–Trinajstić information content (AvgIpc) is 2.58. The third-order valence-electron chi connectivity index (χ3n) is 3.31.